The van der Waals surface area contributed by atoms with Crippen molar-refractivity contribution in [3.63, 3.8) is 0 Å². The monoisotopic (exact) mass is 348 g/mol. The average molecular weight is 349 g/mol. The lowest BCUT2D eigenvalue weighted by molar-refractivity contribution is -0.385. The van der Waals surface area contributed by atoms with Gasteiger partial charge < -0.3 is 4.74 Å². The number of hydrogen-bond donors (Lipinski definition) is 0. The number of nitro groups is 1. The number of rotatable bonds is 3. The summed E-state index contributed by atoms with van der Waals surface area (Å²) in [6.07, 6.45) is 0. The SMILES string of the molecule is O=[N+]([O-])c1cccc(Br)c1Oc1nc(F)c(F)cc1F. The first-order valence-electron chi connectivity index (χ1n) is 5.02. The molecular formula is C11H4BrF3N2O3. The van der Waals surface area contributed by atoms with Crippen molar-refractivity contribution in [1.82, 2.24) is 4.98 Å². The highest BCUT2D eigenvalue weighted by Crippen LogP contribution is 2.38. The summed E-state index contributed by atoms with van der Waals surface area (Å²) < 4.78 is 44.1. The second-order valence-corrected chi connectivity index (χ2v) is 4.35. The van der Waals surface area contributed by atoms with Gasteiger partial charge in [-0.05, 0) is 22.0 Å². The lowest BCUT2D eigenvalue weighted by Crippen LogP contribution is -2.00. The fourth-order valence-electron chi connectivity index (χ4n) is 1.34. The van der Waals surface area contributed by atoms with Gasteiger partial charge in [-0.25, -0.2) is 8.78 Å². The zero-order chi connectivity index (χ0) is 14.9. The summed E-state index contributed by atoms with van der Waals surface area (Å²) in [6, 6.07) is 4.11. The molecule has 0 spiro atoms. The minimum Gasteiger partial charge on any atom is -0.428 e. The van der Waals surface area contributed by atoms with Gasteiger partial charge in [0.05, 0.1) is 9.40 Å². The van der Waals surface area contributed by atoms with Gasteiger partial charge in [0.2, 0.25) is 5.75 Å². The summed E-state index contributed by atoms with van der Waals surface area (Å²) in [4.78, 5) is 13.0. The predicted octanol–water partition coefficient (Wildman–Crippen LogP) is 3.96. The van der Waals surface area contributed by atoms with Gasteiger partial charge >= 0.3 is 5.69 Å². The third-order valence-electron chi connectivity index (χ3n) is 2.20. The van der Waals surface area contributed by atoms with E-state index < -0.39 is 34.1 Å². The Morgan fingerprint density at radius 1 is 1.25 bits per heavy atom. The van der Waals surface area contributed by atoms with Crippen LogP contribution in [0.4, 0.5) is 18.9 Å². The Morgan fingerprint density at radius 3 is 2.60 bits per heavy atom. The first kappa shape index (κ1) is 14.3. The van der Waals surface area contributed by atoms with E-state index in [1.807, 2.05) is 0 Å². The molecule has 0 aliphatic carbocycles. The number of para-hydroxylation sites is 1. The lowest BCUT2D eigenvalue weighted by Gasteiger charge is -2.08. The number of nitrogens with zero attached hydrogens (tertiary/aromatic N) is 2. The lowest BCUT2D eigenvalue weighted by atomic mass is 10.3. The van der Waals surface area contributed by atoms with E-state index in [-0.39, 0.29) is 16.3 Å². The van der Waals surface area contributed by atoms with E-state index in [0.717, 1.165) is 6.07 Å². The van der Waals surface area contributed by atoms with E-state index in [1.165, 1.54) is 12.1 Å². The van der Waals surface area contributed by atoms with Crippen LogP contribution in [0.1, 0.15) is 0 Å². The molecule has 0 N–H and O–H groups in total. The topological polar surface area (TPSA) is 65.3 Å². The Morgan fingerprint density at radius 2 is 1.95 bits per heavy atom. The van der Waals surface area contributed by atoms with Crippen LogP contribution in [0, 0.1) is 27.7 Å². The molecule has 9 heteroatoms. The Labute approximate surface area is 118 Å². The molecule has 20 heavy (non-hydrogen) atoms. The highest BCUT2D eigenvalue weighted by Gasteiger charge is 2.22. The van der Waals surface area contributed by atoms with Crippen LogP contribution in [0.5, 0.6) is 11.6 Å². The molecule has 0 unspecified atom stereocenters. The third kappa shape index (κ3) is 2.72. The maximum Gasteiger partial charge on any atom is 0.312 e. The van der Waals surface area contributed by atoms with Crippen molar-refractivity contribution < 1.29 is 22.8 Å². The van der Waals surface area contributed by atoms with Crippen molar-refractivity contribution in [2.75, 3.05) is 0 Å². The first-order chi connectivity index (χ1) is 9.40. The van der Waals surface area contributed by atoms with Crippen molar-refractivity contribution in [3.05, 3.63) is 56.4 Å². The van der Waals surface area contributed by atoms with E-state index in [2.05, 4.69) is 20.9 Å². The Hall–Kier alpha value is -2.16. The third-order valence-corrected chi connectivity index (χ3v) is 2.82. The molecule has 0 aliphatic rings. The maximum absolute atomic E-state index is 13.4. The summed E-state index contributed by atoms with van der Waals surface area (Å²) in [6.45, 7) is 0. The van der Waals surface area contributed by atoms with Gasteiger partial charge in [0.25, 0.3) is 11.8 Å². The van der Waals surface area contributed by atoms with Gasteiger partial charge in [0.15, 0.2) is 11.6 Å². The van der Waals surface area contributed by atoms with Gasteiger partial charge in [-0.3, -0.25) is 10.1 Å². The second-order valence-electron chi connectivity index (χ2n) is 3.50. The standard InChI is InChI=1S/C11H4BrF3N2O3/c12-5-2-1-3-8(17(18)19)9(5)20-11-7(14)4-6(13)10(15)16-11/h1-4H. The molecule has 0 radical (unpaired) electrons. The number of aromatic nitrogens is 1. The van der Waals surface area contributed by atoms with E-state index >= 15 is 0 Å². The zero-order valence-corrected chi connectivity index (χ0v) is 11.0. The number of pyridine rings is 1. The fourth-order valence-corrected chi connectivity index (χ4v) is 1.78. The van der Waals surface area contributed by atoms with E-state index in [9.17, 15) is 23.3 Å². The average Bonchev–Trinajstić information content (AvgIpc) is 2.37. The summed E-state index contributed by atoms with van der Waals surface area (Å²) in [5, 5.41) is 10.8. The highest BCUT2D eigenvalue weighted by molar-refractivity contribution is 9.10. The molecule has 0 bridgehead atoms. The fraction of sp³-hybridized carbons (Fsp3) is 0. The number of halogens is 4. The minimum absolute atomic E-state index is 0.137. The van der Waals surface area contributed by atoms with Crippen LogP contribution in [-0.4, -0.2) is 9.91 Å². The normalized spacial score (nSPS) is 10.4. The van der Waals surface area contributed by atoms with E-state index in [4.69, 9.17) is 4.74 Å². The number of nitro benzene ring substituents is 1. The zero-order valence-electron chi connectivity index (χ0n) is 9.44. The number of benzene rings is 1. The quantitative estimate of drug-likeness (QED) is 0.478. The van der Waals surface area contributed by atoms with Gasteiger partial charge in [0.1, 0.15) is 0 Å². The summed E-state index contributed by atoms with van der Waals surface area (Å²) in [7, 11) is 0. The van der Waals surface area contributed by atoms with Crippen LogP contribution in [0.2, 0.25) is 0 Å². The Balaban J connectivity index is 2.50. The highest BCUT2D eigenvalue weighted by atomic mass is 79.9. The molecular weight excluding hydrogens is 345 g/mol. The molecule has 2 rings (SSSR count). The molecule has 0 atom stereocenters. The van der Waals surface area contributed by atoms with Gasteiger partial charge in [0, 0.05) is 12.1 Å². The maximum atomic E-state index is 13.4. The summed E-state index contributed by atoms with van der Waals surface area (Å²) >= 11 is 2.98. The molecule has 0 saturated carbocycles. The van der Waals surface area contributed by atoms with Gasteiger partial charge in [-0.1, -0.05) is 6.07 Å². The second kappa shape index (κ2) is 5.45. The number of ether oxygens (including phenoxy) is 1. The largest absolute Gasteiger partial charge is 0.428 e. The first-order valence-corrected chi connectivity index (χ1v) is 5.81. The van der Waals surface area contributed by atoms with Gasteiger partial charge in [-0.2, -0.15) is 9.37 Å². The van der Waals surface area contributed by atoms with Gasteiger partial charge in [-0.15, -0.1) is 0 Å². The van der Waals surface area contributed by atoms with Crippen LogP contribution >= 0.6 is 15.9 Å². The van der Waals surface area contributed by atoms with Crippen molar-refractivity contribution in [1.29, 1.82) is 0 Å². The van der Waals surface area contributed by atoms with E-state index in [1.54, 1.807) is 0 Å². The molecule has 0 saturated heterocycles. The molecule has 2 aromatic rings. The Kier molecular flexibility index (Phi) is 3.89. The minimum atomic E-state index is -1.57. The van der Waals surface area contributed by atoms with Crippen LogP contribution in [-0.2, 0) is 0 Å². The van der Waals surface area contributed by atoms with Crippen molar-refractivity contribution in [3.8, 4) is 11.6 Å². The van der Waals surface area contributed by atoms with E-state index in [0.29, 0.717) is 0 Å². The van der Waals surface area contributed by atoms with Crippen LogP contribution < -0.4 is 4.74 Å². The van der Waals surface area contributed by atoms with Crippen molar-refractivity contribution in [2.45, 2.75) is 0 Å². The van der Waals surface area contributed by atoms with Crippen LogP contribution in [0.3, 0.4) is 0 Å². The molecule has 5 nitrogen and oxygen atoms in total. The van der Waals surface area contributed by atoms with Crippen molar-refractivity contribution in [2.24, 2.45) is 0 Å². The van der Waals surface area contributed by atoms with Crippen molar-refractivity contribution >= 4 is 21.6 Å². The van der Waals surface area contributed by atoms with Crippen LogP contribution in [0.15, 0.2) is 28.7 Å². The summed E-state index contributed by atoms with van der Waals surface area (Å²) in [5.41, 5.74) is -0.481. The molecule has 0 fully saturated rings. The molecule has 104 valence electrons. The molecule has 1 heterocycles. The smallest absolute Gasteiger partial charge is 0.312 e. The molecule has 0 amide bonds. The summed E-state index contributed by atoms with van der Waals surface area (Å²) in [5.74, 6) is -5.62. The number of hydrogen-bond acceptors (Lipinski definition) is 4. The molecule has 1 aromatic carbocycles. The Bertz CT molecular complexity index is 697. The molecule has 0 aliphatic heterocycles. The predicted molar refractivity (Wildman–Crippen MR) is 65.0 cm³/mol. The molecule has 1 aromatic heterocycles. The van der Waals surface area contributed by atoms with Crippen LogP contribution in [0.25, 0.3) is 0 Å².